The second-order valence-corrected chi connectivity index (χ2v) is 9.85. The number of carbonyl (C=O) groups is 1. The summed E-state index contributed by atoms with van der Waals surface area (Å²) in [5, 5.41) is 1.78. The van der Waals surface area contributed by atoms with Crippen LogP contribution < -0.4 is 4.74 Å². The molecule has 2 aromatic carbocycles. The maximum atomic E-state index is 13.5. The third kappa shape index (κ3) is 12.1. The summed E-state index contributed by atoms with van der Waals surface area (Å²) >= 11 is 0. The molecule has 0 unspecified atom stereocenters. The van der Waals surface area contributed by atoms with E-state index in [0.717, 1.165) is 55.4 Å². The number of carbonyl (C=O) groups excluding carboxylic acids is 1. The highest BCUT2D eigenvalue weighted by Gasteiger charge is 2.38. The highest BCUT2D eigenvalue weighted by Crippen LogP contribution is 2.31. The molecule has 6 heteroatoms. The molecule has 0 spiro atoms. The number of benzene rings is 2. The monoisotopic (exact) mass is 544 g/mol. The highest BCUT2D eigenvalue weighted by molar-refractivity contribution is 5.87. The van der Waals surface area contributed by atoms with Gasteiger partial charge in [0.1, 0.15) is 5.75 Å². The van der Waals surface area contributed by atoms with Crippen LogP contribution in [0.5, 0.6) is 5.75 Å². The zero-order valence-corrected chi connectivity index (χ0v) is 23.6. The number of rotatable bonds is 17. The maximum Gasteiger partial charge on any atom is 0.449 e. The number of allylic oxidation sites excluding steroid dienone is 6. The normalized spacial score (nSPS) is 13.4. The lowest BCUT2D eigenvalue weighted by atomic mass is 9.98. The topological polar surface area (TPSA) is 35.5 Å². The van der Waals surface area contributed by atoms with Crippen LogP contribution in [0.25, 0.3) is 10.8 Å². The summed E-state index contributed by atoms with van der Waals surface area (Å²) < 4.78 is 50.7. The molecule has 0 saturated carbocycles. The molecule has 0 aliphatic heterocycles. The van der Waals surface area contributed by atoms with Crippen LogP contribution >= 0.6 is 0 Å². The summed E-state index contributed by atoms with van der Waals surface area (Å²) in [7, 11) is 1.58. The Kier molecular flexibility index (Phi) is 14.5. The van der Waals surface area contributed by atoms with E-state index in [0.29, 0.717) is 17.7 Å². The molecule has 0 aliphatic rings. The number of alkyl halides is 3. The largest absolute Gasteiger partial charge is 0.497 e. The lowest BCUT2D eigenvalue weighted by Gasteiger charge is -2.16. The minimum atomic E-state index is -4.72. The van der Waals surface area contributed by atoms with Crippen LogP contribution in [0.2, 0.25) is 0 Å². The standard InChI is InChI=1S/C33H43F3O3/c1-4-5-6-7-8-9-10-11-12-13-14-15-16-17-18-19-31(33(34,35)36)39-32(37)26(2)27-20-21-29-25-30(38-3)23-22-28(29)24-27/h8-9,11-12,19-26H,4-7,10,13-18H2,1-3H3/b9-8-,12-11-,31-19+/t26-/m0/s1. The Labute approximate surface area is 231 Å². The molecule has 1 atom stereocenters. The van der Waals surface area contributed by atoms with Gasteiger partial charge in [0.25, 0.3) is 0 Å². The van der Waals surface area contributed by atoms with Crippen molar-refractivity contribution in [1.29, 1.82) is 0 Å². The predicted molar refractivity (Wildman–Crippen MR) is 154 cm³/mol. The fourth-order valence-electron chi connectivity index (χ4n) is 4.20. The van der Waals surface area contributed by atoms with Crippen LogP contribution in [-0.2, 0) is 9.53 Å². The van der Waals surface area contributed by atoms with Crippen LogP contribution in [0, 0.1) is 0 Å². The third-order valence-corrected chi connectivity index (χ3v) is 6.65. The molecule has 0 heterocycles. The van der Waals surface area contributed by atoms with E-state index in [1.165, 1.54) is 19.3 Å². The molecule has 214 valence electrons. The first-order valence-corrected chi connectivity index (χ1v) is 14.1. The molecule has 0 amide bonds. The van der Waals surface area contributed by atoms with Gasteiger partial charge < -0.3 is 9.47 Å². The number of fused-ring (bicyclic) bond motifs is 1. The van der Waals surface area contributed by atoms with Crippen LogP contribution in [0.1, 0.15) is 96.0 Å². The van der Waals surface area contributed by atoms with Crippen LogP contribution in [0.3, 0.4) is 0 Å². The molecular formula is C33H43F3O3. The smallest absolute Gasteiger partial charge is 0.449 e. The Morgan fingerprint density at radius 1 is 0.846 bits per heavy atom. The summed E-state index contributed by atoms with van der Waals surface area (Å²) in [5.74, 6) is -2.28. The average Bonchev–Trinajstić information content (AvgIpc) is 2.92. The second-order valence-electron chi connectivity index (χ2n) is 9.85. The number of ether oxygens (including phenoxy) is 2. The molecule has 0 aromatic heterocycles. The molecular weight excluding hydrogens is 501 g/mol. The van der Waals surface area contributed by atoms with E-state index in [1.54, 1.807) is 32.2 Å². The van der Waals surface area contributed by atoms with Gasteiger partial charge in [-0.05, 0) is 86.4 Å². The first kappa shape index (κ1) is 32.2. The van der Waals surface area contributed by atoms with Crippen molar-refractivity contribution in [2.75, 3.05) is 7.11 Å². The van der Waals surface area contributed by atoms with Gasteiger partial charge in [-0.1, -0.05) is 81.2 Å². The van der Waals surface area contributed by atoms with E-state index in [4.69, 9.17) is 9.47 Å². The number of hydrogen-bond donors (Lipinski definition) is 0. The van der Waals surface area contributed by atoms with Gasteiger partial charge >= 0.3 is 12.1 Å². The molecule has 3 nitrogen and oxygen atoms in total. The minimum Gasteiger partial charge on any atom is -0.497 e. The van der Waals surface area contributed by atoms with Crippen molar-refractivity contribution in [3.63, 3.8) is 0 Å². The zero-order valence-electron chi connectivity index (χ0n) is 23.6. The third-order valence-electron chi connectivity index (χ3n) is 6.65. The number of hydrogen-bond acceptors (Lipinski definition) is 3. The molecule has 2 rings (SSSR count). The Morgan fingerprint density at radius 2 is 1.46 bits per heavy atom. The Hall–Kier alpha value is -3.02. The van der Waals surface area contributed by atoms with E-state index >= 15 is 0 Å². The van der Waals surface area contributed by atoms with E-state index in [2.05, 4.69) is 31.2 Å². The van der Waals surface area contributed by atoms with E-state index < -0.39 is 23.8 Å². The molecule has 0 bridgehead atoms. The number of methoxy groups -OCH3 is 1. The van der Waals surface area contributed by atoms with E-state index in [1.807, 2.05) is 18.2 Å². The van der Waals surface area contributed by atoms with Crippen LogP contribution in [0.4, 0.5) is 13.2 Å². The van der Waals surface area contributed by atoms with Gasteiger partial charge in [0, 0.05) is 0 Å². The molecule has 0 N–H and O–H groups in total. The van der Waals surface area contributed by atoms with Crippen LogP contribution in [0.15, 0.2) is 72.5 Å². The van der Waals surface area contributed by atoms with Crippen molar-refractivity contribution in [2.24, 2.45) is 0 Å². The summed E-state index contributed by atoms with van der Waals surface area (Å²) in [5.41, 5.74) is 0.594. The maximum absolute atomic E-state index is 13.5. The lowest BCUT2D eigenvalue weighted by molar-refractivity contribution is -0.161. The number of halogens is 3. The highest BCUT2D eigenvalue weighted by atomic mass is 19.4. The quantitative estimate of drug-likeness (QED) is 0.0860. The summed E-state index contributed by atoms with van der Waals surface area (Å²) in [6, 6.07) is 10.8. The molecule has 0 saturated heterocycles. The zero-order chi connectivity index (χ0) is 28.5. The molecule has 0 aliphatic carbocycles. The Bertz CT molecular complexity index is 1100. The van der Waals surface area contributed by atoms with Gasteiger partial charge in [0.2, 0.25) is 5.76 Å². The molecule has 39 heavy (non-hydrogen) atoms. The van der Waals surface area contributed by atoms with Crippen molar-refractivity contribution in [1.82, 2.24) is 0 Å². The van der Waals surface area contributed by atoms with Crippen molar-refractivity contribution >= 4 is 16.7 Å². The van der Waals surface area contributed by atoms with Crippen molar-refractivity contribution in [2.45, 2.75) is 96.6 Å². The van der Waals surface area contributed by atoms with Gasteiger partial charge in [-0.15, -0.1) is 0 Å². The van der Waals surface area contributed by atoms with Gasteiger partial charge in [-0.2, -0.15) is 13.2 Å². The number of esters is 1. The molecule has 0 radical (unpaired) electrons. The van der Waals surface area contributed by atoms with E-state index in [9.17, 15) is 18.0 Å². The first-order valence-electron chi connectivity index (χ1n) is 14.1. The Balaban J connectivity index is 1.76. The van der Waals surface area contributed by atoms with Gasteiger partial charge in [0.05, 0.1) is 13.0 Å². The Morgan fingerprint density at radius 3 is 2.10 bits per heavy atom. The SMILES string of the molecule is CCCCC/C=C\C/C=C\CCCCCC/C=C(/OC(=O)[C@@H](C)c1ccc2cc(OC)ccc2c1)C(F)(F)F. The van der Waals surface area contributed by atoms with Crippen LogP contribution in [-0.4, -0.2) is 19.3 Å². The van der Waals surface area contributed by atoms with Crippen molar-refractivity contribution < 1.29 is 27.4 Å². The van der Waals surface area contributed by atoms with Crippen molar-refractivity contribution in [3.8, 4) is 5.75 Å². The predicted octanol–water partition coefficient (Wildman–Crippen LogP) is 10.4. The summed E-state index contributed by atoms with van der Waals surface area (Å²) in [4.78, 5) is 12.6. The summed E-state index contributed by atoms with van der Waals surface area (Å²) in [6.07, 6.45) is 15.5. The van der Waals surface area contributed by atoms with Gasteiger partial charge in [-0.25, -0.2) is 0 Å². The fourth-order valence-corrected chi connectivity index (χ4v) is 4.20. The number of unbranched alkanes of at least 4 members (excludes halogenated alkanes) is 8. The minimum absolute atomic E-state index is 0.215. The molecule has 2 aromatic rings. The van der Waals surface area contributed by atoms with Crippen molar-refractivity contribution in [3.05, 3.63) is 78.1 Å². The second kappa shape index (κ2) is 17.5. The van der Waals surface area contributed by atoms with Gasteiger partial charge in [0.15, 0.2) is 0 Å². The van der Waals surface area contributed by atoms with E-state index in [-0.39, 0.29) is 6.42 Å². The van der Waals surface area contributed by atoms with Gasteiger partial charge in [-0.3, -0.25) is 4.79 Å². The summed E-state index contributed by atoms with van der Waals surface area (Å²) in [6.45, 7) is 3.76. The first-order chi connectivity index (χ1) is 18.8. The average molecular weight is 545 g/mol. The lowest BCUT2D eigenvalue weighted by Crippen LogP contribution is -2.21. The molecule has 0 fully saturated rings. The fraction of sp³-hybridized carbons (Fsp3) is 0.485.